The summed E-state index contributed by atoms with van der Waals surface area (Å²) in [5.41, 5.74) is 4.68. The fraction of sp³-hybridized carbons (Fsp3) is 0.355. The molecule has 4 rings (SSSR count). The first kappa shape index (κ1) is 28.1. The van der Waals surface area contributed by atoms with Gasteiger partial charge in [0.1, 0.15) is 11.9 Å². The van der Waals surface area contributed by atoms with Crippen LogP contribution in [-0.2, 0) is 22.6 Å². The van der Waals surface area contributed by atoms with E-state index in [0.29, 0.717) is 29.1 Å². The van der Waals surface area contributed by atoms with E-state index in [9.17, 15) is 14.7 Å². The number of rotatable bonds is 9. The SMILES string of the molecule is COc1cc(CO)ccc1NC(=O)CCc1ccc(-c2ccccc2)c(NC(=O)OC2CC[N+](C)(C)CC2)c1. The van der Waals surface area contributed by atoms with Gasteiger partial charge in [0.2, 0.25) is 5.91 Å². The molecule has 1 saturated heterocycles. The van der Waals surface area contributed by atoms with E-state index in [1.807, 2.05) is 48.5 Å². The summed E-state index contributed by atoms with van der Waals surface area (Å²) >= 11 is 0. The molecule has 8 heteroatoms. The fourth-order valence-corrected chi connectivity index (χ4v) is 4.78. The Balaban J connectivity index is 1.44. The number of piperidine rings is 1. The number of carbonyl (C=O) groups excluding carboxylic acids is 2. The highest BCUT2D eigenvalue weighted by Crippen LogP contribution is 2.30. The van der Waals surface area contributed by atoms with E-state index in [4.69, 9.17) is 9.47 Å². The topological polar surface area (TPSA) is 96.9 Å². The van der Waals surface area contributed by atoms with Gasteiger partial charge in [-0.05, 0) is 41.3 Å². The first-order valence-electron chi connectivity index (χ1n) is 13.3. The zero-order valence-electron chi connectivity index (χ0n) is 22.9. The number of amides is 2. The van der Waals surface area contributed by atoms with Gasteiger partial charge in [-0.2, -0.15) is 0 Å². The Morgan fingerprint density at radius 3 is 2.33 bits per heavy atom. The quantitative estimate of drug-likeness (QED) is 0.329. The number of benzene rings is 3. The summed E-state index contributed by atoms with van der Waals surface area (Å²) in [5.74, 6) is 0.331. The molecule has 0 bridgehead atoms. The van der Waals surface area contributed by atoms with Crippen molar-refractivity contribution in [2.24, 2.45) is 0 Å². The van der Waals surface area contributed by atoms with Gasteiger partial charge < -0.3 is 24.4 Å². The van der Waals surface area contributed by atoms with E-state index >= 15 is 0 Å². The Kier molecular flexibility index (Phi) is 9.22. The molecule has 1 fully saturated rings. The zero-order chi connectivity index (χ0) is 27.8. The number of methoxy groups -OCH3 is 1. The highest BCUT2D eigenvalue weighted by Gasteiger charge is 2.28. The van der Waals surface area contributed by atoms with Gasteiger partial charge in [-0.1, -0.05) is 48.5 Å². The normalized spacial score (nSPS) is 14.9. The summed E-state index contributed by atoms with van der Waals surface area (Å²) in [6.45, 7) is 1.84. The number of quaternary nitrogens is 1. The first-order chi connectivity index (χ1) is 18.8. The molecule has 3 N–H and O–H groups in total. The van der Waals surface area contributed by atoms with Crippen LogP contribution in [0.4, 0.5) is 16.2 Å². The van der Waals surface area contributed by atoms with Crippen LogP contribution < -0.4 is 15.4 Å². The lowest BCUT2D eigenvalue weighted by Gasteiger charge is -2.36. The number of hydrogen-bond acceptors (Lipinski definition) is 5. The molecule has 0 aromatic heterocycles. The highest BCUT2D eigenvalue weighted by atomic mass is 16.6. The van der Waals surface area contributed by atoms with Crippen LogP contribution in [-0.4, -0.2) is 62.0 Å². The average molecular weight is 533 g/mol. The standard InChI is InChI=1S/C31H37N3O5/c1-34(2)17-15-25(16-18-34)39-31(37)33-28-19-22(9-12-26(28)24-7-5-4-6-8-24)11-14-30(36)32-27-13-10-23(21-35)20-29(27)38-3/h4-10,12-13,19-20,25,35H,11,14-18,21H2,1-3H3,(H-,32,33,36,37)/p+1. The van der Waals surface area contributed by atoms with Gasteiger partial charge in [-0.3, -0.25) is 10.1 Å². The molecule has 1 aliphatic heterocycles. The Labute approximate surface area is 230 Å². The minimum absolute atomic E-state index is 0.0911. The summed E-state index contributed by atoms with van der Waals surface area (Å²) < 4.78 is 12.1. The molecule has 8 nitrogen and oxygen atoms in total. The van der Waals surface area contributed by atoms with Crippen LogP contribution in [0.2, 0.25) is 0 Å². The van der Waals surface area contributed by atoms with Crippen LogP contribution in [0.25, 0.3) is 11.1 Å². The van der Waals surface area contributed by atoms with Crippen molar-refractivity contribution in [3.63, 3.8) is 0 Å². The van der Waals surface area contributed by atoms with Gasteiger partial charge in [-0.15, -0.1) is 0 Å². The van der Waals surface area contributed by atoms with Crippen molar-refractivity contribution in [2.45, 2.75) is 38.4 Å². The van der Waals surface area contributed by atoms with Crippen LogP contribution in [0, 0.1) is 0 Å². The number of aliphatic hydroxyl groups is 1. The summed E-state index contributed by atoms with van der Waals surface area (Å²) in [4.78, 5) is 25.6. The predicted molar refractivity (Wildman–Crippen MR) is 153 cm³/mol. The highest BCUT2D eigenvalue weighted by molar-refractivity contribution is 5.93. The number of nitrogens with one attached hydrogen (secondary N) is 2. The fourth-order valence-electron chi connectivity index (χ4n) is 4.78. The molecule has 3 aromatic rings. The summed E-state index contributed by atoms with van der Waals surface area (Å²) in [5, 5.41) is 15.2. The number of anilines is 2. The summed E-state index contributed by atoms with van der Waals surface area (Å²) in [7, 11) is 5.91. The second-order valence-electron chi connectivity index (χ2n) is 10.6. The van der Waals surface area contributed by atoms with Crippen LogP contribution in [0.15, 0.2) is 66.7 Å². The van der Waals surface area contributed by atoms with Gasteiger partial charge in [0.15, 0.2) is 0 Å². The number of aryl methyl sites for hydroxylation is 1. The van der Waals surface area contributed by atoms with Gasteiger partial charge in [0, 0.05) is 24.8 Å². The minimum Gasteiger partial charge on any atom is -0.495 e. The number of hydrogen-bond donors (Lipinski definition) is 3. The molecule has 206 valence electrons. The molecule has 1 aliphatic rings. The van der Waals surface area contributed by atoms with Crippen molar-refractivity contribution in [3.8, 4) is 16.9 Å². The smallest absolute Gasteiger partial charge is 0.411 e. The third-order valence-corrected chi connectivity index (χ3v) is 7.16. The van der Waals surface area contributed by atoms with Crippen LogP contribution in [0.1, 0.15) is 30.4 Å². The molecule has 3 aromatic carbocycles. The lowest BCUT2D eigenvalue weighted by Crippen LogP contribution is -2.48. The van der Waals surface area contributed by atoms with E-state index in [2.05, 4.69) is 24.7 Å². The number of likely N-dealkylation sites (tertiary alicyclic amines) is 1. The Bertz CT molecular complexity index is 1280. The lowest BCUT2D eigenvalue weighted by atomic mass is 9.99. The molecule has 39 heavy (non-hydrogen) atoms. The second-order valence-corrected chi connectivity index (χ2v) is 10.6. The third-order valence-electron chi connectivity index (χ3n) is 7.16. The molecule has 0 radical (unpaired) electrons. The summed E-state index contributed by atoms with van der Waals surface area (Å²) in [6, 6.07) is 20.9. The summed E-state index contributed by atoms with van der Waals surface area (Å²) in [6.07, 6.45) is 1.86. The lowest BCUT2D eigenvalue weighted by molar-refractivity contribution is -0.896. The van der Waals surface area contributed by atoms with Crippen molar-refractivity contribution in [1.29, 1.82) is 0 Å². The van der Waals surface area contributed by atoms with Gasteiger partial charge in [0.05, 0.1) is 52.3 Å². The van der Waals surface area contributed by atoms with Crippen molar-refractivity contribution < 1.29 is 28.7 Å². The average Bonchev–Trinajstić information content (AvgIpc) is 2.94. The van der Waals surface area contributed by atoms with Crippen molar-refractivity contribution in [2.75, 3.05) is 44.9 Å². The van der Waals surface area contributed by atoms with Crippen LogP contribution in [0.5, 0.6) is 5.75 Å². The maximum absolute atomic E-state index is 12.9. The van der Waals surface area contributed by atoms with Crippen molar-refractivity contribution in [3.05, 3.63) is 77.9 Å². The van der Waals surface area contributed by atoms with Crippen LogP contribution in [0.3, 0.4) is 0 Å². The Morgan fingerprint density at radius 1 is 0.923 bits per heavy atom. The van der Waals surface area contributed by atoms with E-state index in [0.717, 1.165) is 47.1 Å². The molecule has 1 heterocycles. The van der Waals surface area contributed by atoms with Gasteiger partial charge in [-0.25, -0.2) is 4.79 Å². The predicted octanol–water partition coefficient (Wildman–Crippen LogP) is 5.21. The molecule has 0 aliphatic carbocycles. The zero-order valence-corrected chi connectivity index (χ0v) is 22.9. The number of ether oxygens (including phenoxy) is 2. The van der Waals surface area contributed by atoms with Crippen molar-refractivity contribution in [1.82, 2.24) is 0 Å². The maximum atomic E-state index is 12.9. The number of carbonyl (C=O) groups is 2. The van der Waals surface area contributed by atoms with Gasteiger partial charge >= 0.3 is 6.09 Å². The maximum Gasteiger partial charge on any atom is 0.411 e. The third kappa shape index (κ3) is 7.81. The van der Waals surface area contributed by atoms with E-state index in [1.165, 1.54) is 7.11 Å². The van der Waals surface area contributed by atoms with Gasteiger partial charge in [0.25, 0.3) is 0 Å². The first-order valence-corrected chi connectivity index (χ1v) is 13.3. The van der Waals surface area contributed by atoms with Crippen LogP contribution >= 0.6 is 0 Å². The minimum atomic E-state index is -0.460. The Morgan fingerprint density at radius 2 is 1.64 bits per heavy atom. The number of aliphatic hydroxyl groups excluding tert-OH is 1. The number of nitrogens with zero attached hydrogens (tertiary/aromatic N) is 1. The molecule has 0 atom stereocenters. The molecule has 0 spiro atoms. The molecular weight excluding hydrogens is 494 g/mol. The Hall–Kier alpha value is -3.88. The van der Waals surface area contributed by atoms with E-state index in [-0.39, 0.29) is 25.0 Å². The van der Waals surface area contributed by atoms with E-state index < -0.39 is 6.09 Å². The van der Waals surface area contributed by atoms with E-state index in [1.54, 1.807) is 18.2 Å². The molecule has 0 saturated carbocycles. The largest absolute Gasteiger partial charge is 0.495 e. The molecular formula is C31H38N3O5+. The molecule has 2 amide bonds. The van der Waals surface area contributed by atoms with Crippen molar-refractivity contribution >= 4 is 23.4 Å². The second kappa shape index (κ2) is 12.8. The monoisotopic (exact) mass is 532 g/mol. The molecule has 0 unspecified atom stereocenters.